The van der Waals surface area contributed by atoms with Crippen LogP contribution < -0.4 is 5.32 Å². The van der Waals surface area contributed by atoms with E-state index in [2.05, 4.69) is 15.6 Å². The van der Waals surface area contributed by atoms with E-state index >= 15 is 0 Å². The zero-order valence-electron chi connectivity index (χ0n) is 13.0. The van der Waals surface area contributed by atoms with Gasteiger partial charge in [0.2, 0.25) is 0 Å². The van der Waals surface area contributed by atoms with Gasteiger partial charge in [-0.1, -0.05) is 22.9 Å². The smallest absolute Gasteiger partial charge is 0.276 e. The molecule has 0 spiro atoms. The van der Waals surface area contributed by atoms with Crippen LogP contribution in [0.5, 0.6) is 0 Å². The molecule has 2 aromatic rings. The van der Waals surface area contributed by atoms with Crippen LogP contribution >= 0.6 is 0 Å². The van der Waals surface area contributed by atoms with Crippen molar-refractivity contribution in [2.45, 2.75) is 25.8 Å². The molecule has 0 aliphatic carbocycles. The normalized spacial score (nSPS) is 18.5. The van der Waals surface area contributed by atoms with Crippen molar-refractivity contribution in [3.63, 3.8) is 0 Å². The van der Waals surface area contributed by atoms with Crippen LogP contribution in [0.4, 0.5) is 0 Å². The summed E-state index contributed by atoms with van der Waals surface area (Å²) in [7, 11) is 1.94. The van der Waals surface area contributed by atoms with Crippen molar-refractivity contribution in [3.8, 4) is 5.69 Å². The average Bonchev–Trinajstić information content (AvgIpc) is 3.05. The van der Waals surface area contributed by atoms with Crippen molar-refractivity contribution >= 4 is 5.91 Å². The van der Waals surface area contributed by atoms with Crippen LogP contribution in [-0.2, 0) is 0 Å². The molecule has 22 heavy (non-hydrogen) atoms. The highest BCUT2D eigenvalue weighted by molar-refractivity contribution is 5.92. The maximum Gasteiger partial charge on any atom is 0.276 e. The number of carbonyl (C=O) groups is 1. The fourth-order valence-corrected chi connectivity index (χ4v) is 2.74. The molecule has 2 heterocycles. The number of amides is 1. The van der Waals surface area contributed by atoms with E-state index in [9.17, 15) is 4.79 Å². The first-order chi connectivity index (χ1) is 10.7. The van der Waals surface area contributed by atoms with Gasteiger partial charge in [-0.25, -0.2) is 4.68 Å². The van der Waals surface area contributed by atoms with Gasteiger partial charge in [-0.2, -0.15) is 0 Å². The molecule has 6 heteroatoms. The zero-order chi connectivity index (χ0) is 15.5. The highest BCUT2D eigenvalue weighted by Crippen LogP contribution is 2.14. The molecule has 0 bridgehead atoms. The van der Waals surface area contributed by atoms with Crippen LogP contribution in [-0.4, -0.2) is 52.0 Å². The Morgan fingerprint density at radius 3 is 2.82 bits per heavy atom. The molecule has 3 rings (SSSR count). The summed E-state index contributed by atoms with van der Waals surface area (Å²) in [6, 6.07) is 8.33. The lowest BCUT2D eigenvalue weighted by Crippen LogP contribution is -2.47. The SMILES string of the molecule is CN[C@H]1CCCN(C(=O)c2cn(-c3ccc(C)cc3)nn2)C1. The molecule has 0 saturated carbocycles. The van der Waals surface area contributed by atoms with Gasteiger partial charge in [-0.05, 0) is 38.9 Å². The number of likely N-dealkylation sites (tertiary alicyclic amines) is 1. The number of carbonyl (C=O) groups excluding carboxylic acids is 1. The number of benzene rings is 1. The molecule has 0 unspecified atom stereocenters. The van der Waals surface area contributed by atoms with Crippen LogP contribution in [0.3, 0.4) is 0 Å². The maximum absolute atomic E-state index is 12.5. The number of nitrogens with one attached hydrogen (secondary N) is 1. The molecule has 1 fully saturated rings. The van der Waals surface area contributed by atoms with Gasteiger partial charge < -0.3 is 10.2 Å². The summed E-state index contributed by atoms with van der Waals surface area (Å²) in [5, 5.41) is 11.4. The second-order valence-electron chi connectivity index (χ2n) is 5.76. The van der Waals surface area contributed by atoms with E-state index in [1.165, 1.54) is 5.56 Å². The first kappa shape index (κ1) is 14.7. The van der Waals surface area contributed by atoms with Crippen LogP contribution in [0.15, 0.2) is 30.5 Å². The second kappa shape index (κ2) is 6.27. The molecule has 1 aliphatic heterocycles. The van der Waals surface area contributed by atoms with E-state index in [1.54, 1.807) is 10.9 Å². The van der Waals surface area contributed by atoms with Gasteiger partial charge in [0, 0.05) is 19.1 Å². The number of hydrogen-bond donors (Lipinski definition) is 1. The van der Waals surface area contributed by atoms with Gasteiger partial charge in [-0.3, -0.25) is 4.79 Å². The highest BCUT2D eigenvalue weighted by Gasteiger charge is 2.25. The van der Waals surface area contributed by atoms with Gasteiger partial charge in [0.1, 0.15) is 0 Å². The van der Waals surface area contributed by atoms with Crippen molar-refractivity contribution in [3.05, 3.63) is 41.7 Å². The summed E-state index contributed by atoms with van der Waals surface area (Å²) >= 11 is 0. The first-order valence-corrected chi connectivity index (χ1v) is 7.63. The summed E-state index contributed by atoms with van der Waals surface area (Å²) in [6.07, 6.45) is 3.83. The lowest BCUT2D eigenvalue weighted by Gasteiger charge is -2.31. The van der Waals surface area contributed by atoms with E-state index < -0.39 is 0 Å². The predicted molar refractivity (Wildman–Crippen MR) is 84.1 cm³/mol. The molecular weight excluding hydrogens is 278 g/mol. The van der Waals surface area contributed by atoms with Crippen molar-refractivity contribution in [2.24, 2.45) is 0 Å². The molecule has 0 radical (unpaired) electrons. The standard InChI is InChI=1S/C16H21N5O/c1-12-5-7-14(8-6-12)21-11-15(18-19-21)16(22)20-9-3-4-13(10-20)17-2/h5-8,11,13,17H,3-4,9-10H2,1-2H3/t13-/m0/s1. The van der Waals surface area contributed by atoms with Crippen LogP contribution in [0, 0.1) is 6.92 Å². The molecule has 1 N–H and O–H groups in total. The second-order valence-corrected chi connectivity index (χ2v) is 5.76. The highest BCUT2D eigenvalue weighted by atomic mass is 16.2. The number of likely N-dealkylation sites (N-methyl/N-ethyl adjacent to an activating group) is 1. The lowest BCUT2D eigenvalue weighted by molar-refractivity contribution is 0.0692. The van der Waals surface area contributed by atoms with E-state index in [-0.39, 0.29) is 5.91 Å². The fourth-order valence-electron chi connectivity index (χ4n) is 2.74. The van der Waals surface area contributed by atoms with E-state index in [4.69, 9.17) is 0 Å². The molecular formula is C16H21N5O. The Bertz CT molecular complexity index is 649. The van der Waals surface area contributed by atoms with Crippen LogP contribution in [0.2, 0.25) is 0 Å². The summed E-state index contributed by atoms with van der Waals surface area (Å²) in [5.41, 5.74) is 2.49. The molecule has 1 aromatic heterocycles. The van der Waals surface area contributed by atoms with Crippen LogP contribution in [0.25, 0.3) is 5.69 Å². The van der Waals surface area contributed by atoms with Crippen molar-refractivity contribution in [1.82, 2.24) is 25.2 Å². The summed E-state index contributed by atoms with van der Waals surface area (Å²) in [5.74, 6) is -0.0432. The van der Waals surface area contributed by atoms with Gasteiger partial charge in [0.15, 0.2) is 5.69 Å². The maximum atomic E-state index is 12.5. The fraction of sp³-hybridized carbons (Fsp3) is 0.438. The molecule has 116 valence electrons. The molecule has 1 aromatic carbocycles. The lowest BCUT2D eigenvalue weighted by atomic mass is 10.1. The summed E-state index contributed by atoms with van der Waals surface area (Å²) in [4.78, 5) is 14.4. The Labute approximate surface area is 130 Å². The molecule has 1 saturated heterocycles. The number of aryl methyl sites for hydroxylation is 1. The first-order valence-electron chi connectivity index (χ1n) is 7.63. The van der Waals surface area contributed by atoms with Gasteiger partial charge >= 0.3 is 0 Å². The zero-order valence-corrected chi connectivity index (χ0v) is 13.0. The van der Waals surface area contributed by atoms with Crippen molar-refractivity contribution in [2.75, 3.05) is 20.1 Å². The number of aromatic nitrogens is 3. The Hall–Kier alpha value is -2.21. The van der Waals surface area contributed by atoms with Gasteiger partial charge in [-0.15, -0.1) is 5.10 Å². The van der Waals surface area contributed by atoms with Crippen LogP contribution in [0.1, 0.15) is 28.9 Å². The quantitative estimate of drug-likeness (QED) is 0.930. The third-order valence-corrected chi connectivity index (χ3v) is 4.13. The monoisotopic (exact) mass is 299 g/mol. The number of nitrogens with zero attached hydrogens (tertiary/aromatic N) is 4. The van der Waals surface area contributed by atoms with Crippen molar-refractivity contribution < 1.29 is 4.79 Å². The Morgan fingerprint density at radius 2 is 2.09 bits per heavy atom. The number of hydrogen-bond acceptors (Lipinski definition) is 4. The van der Waals surface area contributed by atoms with Crippen molar-refractivity contribution in [1.29, 1.82) is 0 Å². The largest absolute Gasteiger partial charge is 0.336 e. The third kappa shape index (κ3) is 3.01. The van der Waals surface area contributed by atoms with E-state index in [0.717, 1.165) is 31.6 Å². The van der Waals surface area contributed by atoms with E-state index in [1.807, 2.05) is 43.1 Å². The Kier molecular flexibility index (Phi) is 4.20. The number of piperidine rings is 1. The Morgan fingerprint density at radius 1 is 1.32 bits per heavy atom. The molecule has 6 nitrogen and oxygen atoms in total. The topological polar surface area (TPSA) is 63.1 Å². The minimum Gasteiger partial charge on any atom is -0.336 e. The predicted octanol–water partition coefficient (Wildman–Crippen LogP) is 1.40. The minimum atomic E-state index is -0.0432. The summed E-state index contributed by atoms with van der Waals surface area (Å²) < 4.78 is 1.65. The Balaban J connectivity index is 1.75. The molecule has 1 amide bonds. The van der Waals surface area contributed by atoms with Gasteiger partial charge in [0.05, 0.1) is 11.9 Å². The third-order valence-electron chi connectivity index (χ3n) is 4.13. The average molecular weight is 299 g/mol. The molecule has 1 aliphatic rings. The summed E-state index contributed by atoms with van der Waals surface area (Å²) in [6.45, 7) is 3.55. The van der Waals surface area contributed by atoms with Gasteiger partial charge in [0.25, 0.3) is 5.91 Å². The minimum absolute atomic E-state index is 0.0432. The molecule has 1 atom stereocenters. The van der Waals surface area contributed by atoms with E-state index in [0.29, 0.717) is 11.7 Å². The number of rotatable bonds is 3.